The van der Waals surface area contributed by atoms with Gasteiger partial charge in [0.1, 0.15) is 0 Å². The van der Waals surface area contributed by atoms with E-state index in [-0.39, 0.29) is 0 Å². The van der Waals surface area contributed by atoms with Crippen LogP contribution in [-0.2, 0) is 12.8 Å². The molecule has 0 atom stereocenters. The Hall–Kier alpha value is -3.26. The number of rotatable bonds is 5. The van der Waals surface area contributed by atoms with Crippen LogP contribution >= 0.6 is 0 Å². The van der Waals surface area contributed by atoms with Crippen LogP contribution in [0.1, 0.15) is 11.1 Å². The topological polar surface area (TPSA) is 0 Å². The second-order valence-electron chi connectivity index (χ2n) is 6.86. The lowest BCUT2D eigenvalue weighted by Crippen LogP contribution is -1.93. The van der Waals surface area contributed by atoms with Gasteiger partial charge in [-0.05, 0) is 46.7 Å². The lowest BCUT2D eigenvalue weighted by Gasteiger charge is -2.07. The molecular weight excluding hydrogens is 350 g/mol. The summed E-state index contributed by atoms with van der Waals surface area (Å²) in [5, 5.41) is 0. The van der Waals surface area contributed by atoms with E-state index in [1.54, 1.807) is 6.07 Å². The molecule has 0 aliphatic heterocycles. The van der Waals surface area contributed by atoms with E-state index in [1.807, 2.05) is 42.5 Å². The standard InChI is InChI=1S/C26H20F2/c27-25-8-4-7-24(26(25)28)23-17-13-20(14-18-23)10-9-19-11-15-22(16-12-19)21-5-2-1-3-6-21/h1-8,11-18H,9-10H2. The van der Waals surface area contributed by atoms with E-state index in [0.29, 0.717) is 11.1 Å². The number of aryl methyl sites for hydroxylation is 2. The third-order valence-corrected chi connectivity index (χ3v) is 4.98. The normalized spacial score (nSPS) is 10.8. The highest BCUT2D eigenvalue weighted by Crippen LogP contribution is 2.25. The molecule has 2 heteroatoms. The lowest BCUT2D eigenvalue weighted by molar-refractivity contribution is 0.511. The molecular formula is C26H20F2. The van der Waals surface area contributed by atoms with Gasteiger partial charge in [0.05, 0.1) is 0 Å². The third-order valence-electron chi connectivity index (χ3n) is 4.98. The molecule has 0 bridgehead atoms. The maximum absolute atomic E-state index is 13.9. The quantitative estimate of drug-likeness (QED) is 0.352. The van der Waals surface area contributed by atoms with Gasteiger partial charge in [0.2, 0.25) is 0 Å². The van der Waals surface area contributed by atoms with Crippen LogP contribution in [-0.4, -0.2) is 0 Å². The molecule has 4 rings (SSSR count). The molecule has 0 saturated carbocycles. The van der Waals surface area contributed by atoms with E-state index in [9.17, 15) is 8.78 Å². The van der Waals surface area contributed by atoms with Crippen molar-refractivity contribution in [2.24, 2.45) is 0 Å². The molecule has 0 nitrogen and oxygen atoms in total. The third kappa shape index (κ3) is 4.01. The van der Waals surface area contributed by atoms with Gasteiger partial charge in [-0.1, -0.05) is 91.0 Å². The predicted octanol–water partition coefficient (Wildman–Crippen LogP) is 7.08. The van der Waals surface area contributed by atoms with Crippen LogP contribution in [0.15, 0.2) is 97.1 Å². The van der Waals surface area contributed by atoms with Crippen molar-refractivity contribution in [3.8, 4) is 22.3 Å². The Morgan fingerprint density at radius 3 is 1.61 bits per heavy atom. The van der Waals surface area contributed by atoms with Crippen molar-refractivity contribution in [3.63, 3.8) is 0 Å². The van der Waals surface area contributed by atoms with Crippen LogP contribution < -0.4 is 0 Å². The van der Waals surface area contributed by atoms with Crippen LogP contribution in [0.2, 0.25) is 0 Å². The SMILES string of the molecule is Fc1cccc(-c2ccc(CCc3ccc(-c4ccccc4)cc3)cc2)c1F. The summed E-state index contributed by atoms with van der Waals surface area (Å²) in [6, 6.07) is 30.9. The van der Waals surface area contributed by atoms with Gasteiger partial charge in [-0.25, -0.2) is 8.78 Å². The summed E-state index contributed by atoms with van der Waals surface area (Å²) in [5.74, 6) is -1.62. The van der Waals surface area contributed by atoms with Crippen molar-refractivity contribution in [1.29, 1.82) is 0 Å². The zero-order valence-corrected chi connectivity index (χ0v) is 15.4. The van der Waals surface area contributed by atoms with Gasteiger partial charge < -0.3 is 0 Å². The van der Waals surface area contributed by atoms with Crippen molar-refractivity contribution < 1.29 is 8.78 Å². The molecule has 0 heterocycles. The fourth-order valence-corrected chi connectivity index (χ4v) is 3.36. The van der Waals surface area contributed by atoms with Gasteiger partial charge in [0.25, 0.3) is 0 Å². The van der Waals surface area contributed by atoms with E-state index >= 15 is 0 Å². The van der Waals surface area contributed by atoms with Crippen LogP contribution in [0.4, 0.5) is 8.78 Å². The predicted molar refractivity (Wildman–Crippen MR) is 111 cm³/mol. The Balaban J connectivity index is 1.42. The first kappa shape index (κ1) is 18.1. The van der Waals surface area contributed by atoms with Gasteiger partial charge in [-0.15, -0.1) is 0 Å². The van der Waals surface area contributed by atoms with E-state index < -0.39 is 11.6 Å². The second-order valence-corrected chi connectivity index (χ2v) is 6.86. The molecule has 0 fully saturated rings. The lowest BCUT2D eigenvalue weighted by atomic mass is 9.98. The Bertz CT molecular complexity index is 1050. The average Bonchev–Trinajstić information content (AvgIpc) is 2.76. The monoisotopic (exact) mass is 370 g/mol. The fourth-order valence-electron chi connectivity index (χ4n) is 3.36. The van der Waals surface area contributed by atoms with Crippen molar-refractivity contribution >= 4 is 0 Å². The van der Waals surface area contributed by atoms with Gasteiger partial charge in [-0.2, -0.15) is 0 Å². The Labute approximate surface area is 164 Å². The van der Waals surface area contributed by atoms with Crippen molar-refractivity contribution in [3.05, 3.63) is 120 Å². The van der Waals surface area contributed by atoms with Crippen molar-refractivity contribution in [1.82, 2.24) is 0 Å². The zero-order valence-electron chi connectivity index (χ0n) is 15.4. The molecule has 4 aromatic carbocycles. The summed E-state index contributed by atoms with van der Waals surface area (Å²) in [5.41, 5.74) is 5.86. The molecule has 0 aromatic heterocycles. The van der Waals surface area contributed by atoms with Crippen LogP contribution in [0, 0.1) is 11.6 Å². The smallest absolute Gasteiger partial charge is 0.166 e. The summed E-state index contributed by atoms with van der Waals surface area (Å²) in [6.07, 6.45) is 1.83. The number of hydrogen-bond acceptors (Lipinski definition) is 0. The largest absolute Gasteiger partial charge is 0.204 e. The van der Waals surface area contributed by atoms with Crippen molar-refractivity contribution in [2.75, 3.05) is 0 Å². The van der Waals surface area contributed by atoms with Crippen LogP contribution in [0.25, 0.3) is 22.3 Å². The van der Waals surface area contributed by atoms with E-state index in [1.165, 1.54) is 28.3 Å². The maximum atomic E-state index is 13.9. The highest BCUT2D eigenvalue weighted by molar-refractivity contribution is 5.65. The van der Waals surface area contributed by atoms with Crippen molar-refractivity contribution in [2.45, 2.75) is 12.8 Å². The minimum absolute atomic E-state index is 0.294. The molecule has 0 aliphatic carbocycles. The molecule has 0 radical (unpaired) electrons. The van der Waals surface area contributed by atoms with Gasteiger partial charge in [0, 0.05) is 5.56 Å². The first-order chi connectivity index (χ1) is 13.7. The Morgan fingerprint density at radius 1 is 0.464 bits per heavy atom. The summed E-state index contributed by atoms with van der Waals surface area (Å²) < 4.78 is 27.4. The molecule has 0 aliphatic rings. The summed E-state index contributed by atoms with van der Waals surface area (Å²) >= 11 is 0. The number of benzene rings is 4. The molecule has 138 valence electrons. The van der Waals surface area contributed by atoms with Crippen LogP contribution in [0.5, 0.6) is 0 Å². The first-order valence-electron chi connectivity index (χ1n) is 9.38. The molecule has 4 aromatic rings. The van der Waals surface area contributed by atoms with Crippen LogP contribution in [0.3, 0.4) is 0 Å². The average molecular weight is 370 g/mol. The highest BCUT2D eigenvalue weighted by Gasteiger charge is 2.09. The Morgan fingerprint density at radius 2 is 1.00 bits per heavy atom. The van der Waals surface area contributed by atoms with E-state index in [0.717, 1.165) is 18.9 Å². The fraction of sp³-hybridized carbons (Fsp3) is 0.0769. The zero-order chi connectivity index (χ0) is 19.3. The molecule has 28 heavy (non-hydrogen) atoms. The first-order valence-corrected chi connectivity index (χ1v) is 9.38. The maximum Gasteiger partial charge on any atom is 0.166 e. The number of halogens is 2. The molecule has 0 spiro atoms. The van der Waals surface area contributed by atoms with Gasteiger partial charge >= 0.3 is 0 Å². The molecule has 0 saturated heterocycles. The minimum Gasteiger partial charge on any atom is -0.204 e. The van der Waals surface area contributed by atoms with Gasteiger partial charge in [0.15, 0.2) is 11.6 Å². The molecule has 0 N–H and O–H groups in total. The van der Waals surface area contributed by atoms with E-state index in [2.05, 4.69) is 36.4 Å². The van der Waals surface area contributed by atoms with E-state index in [4.69, 9.17) is 0 Å². The Kier molecular flexibility index (Phi) is 5.29. The molecule has 0 unspecified atom stereocenters. The second kappa shape index (κ2) is 8.18. The number of hydrogen-bond donors (Lipinski definition) is 0. The summed E-state index contributed by atoms with van der Waals surface area (Å²) in [6.45, 7) is 0. The summed E-state index contributed by atoms with van der Waals surface area (Å²) in [4.78, 5) is 0. The van der Waals surface area contributed by atoms with Gasteiger partial charge in [-0.3, -0.25) is 0 Å². The summed E-state index contributed by atoms with van der Waals surface area (Å²) in [7, 11) is 0. The molecule has 0 amide bonds. The highest BCUT2D eigenvalue weighted by atomic mass is 19.2. The minimum atomic E-state index is -0.819.